The van der Waals surface area contributed by atoms with Gasteiger partial charge in [0.15, 0.2) is 5.82 Å². The van der Waals surface area contributed by atoms with Gasteiger partial charge < -0.3 is 10.2 Å². The molecular weight excluding hydrogens is 360 g/mol. The van der Waals surface area contributed by atoms with Gasteiger partial charge in [-0.15, -0.1) is 0 Å². The van der Waals surface area contributed by atoms with E-state index in [4.69, 9.17) is 10.6 Å². The van der Waals surface area contributed by atoms with Gasteiger partial charge in [0.25, 0.3) is 10.0 Å². The van der Waals surface area contributed by atoms with Crippen LogP contribution in [-0.4, -0.2) is 20.5 Å². The van der Waals surface area contributed by atoms with Crippen molar-refractivity contribution in [2.24, 2.45) is 5.84 Å². The molecule has 0 fully saturated rings. The number of hydrogen-bond acceptors (Lipinski definition) is 6. The molecule has 0 radical (unpaired) electrons. The maximum Gasteiger partial charge on any atom is 0.265 e. The summed E-state index contributed by atoms with van der Waals surface area (Å²) < 4.78 is 33.2. The molecule has 2 aromatic rings. The van der Waals surface area contributed by atoms with Gasteiger partial charge in [0.1, 0.15) is 10.6 Å². The van der Waals surface area contributed by atoms with Crippen molar-refractivity contribution in [2.75, 3.05) is 17.3 Å². The van der Waals surface area contributed by atoms with E-state index in [9.17, 15) is 8.42 Å². The fraction of sp³-hybridized carbons (Fsp3) is 0.0833. The second kappa shape index (κ2) is 6.29. The molecule has 9 heteroatoms. The van der Waals surface area contributed by atoms with Crippen LogP contribution in [0, 0.1) is 0 Å². The van der Waals surface area contributed by atoms with Crippen LogP contribution in [0.15, 0.2) is 45.9 Å². The number of anilines is 2. The van der Waals surface area contributed by atoms with Gasteiger partial charge in [-0.2, -0.15) is 0 Å². The summed E-state index contributed by atoms with van der Waals surface area (Å²) in [6.07, 6.45) is 1.44. The van der Waals surface area contributed by atoms with Crippen molar-refractivity contribution < 1.29 is 13.2 Å². The second-order valence-electron chi connectivity index (χ2n) is 3.94. The number of benzene rings is 1. The highest BCUT2D eigenvalue weighted by Gasteiger charge is 2.20. The number of nitrogens with two attached hydrogens (primary N) is 1. The van der Waals surface area contributed by atoms with Crippen molar-refractivity contribution >= 4 is 37.5 Å². The SMILES string of the molecule is COc1ccc(Br)cc1NS(=O)(=O)c1cccnc1NN. The smallest absolute Gasteiger partial charge is 0.265 e. The third kappa shape index (κ3) is 3.43. The van der Waals surface area contributed by atoms with Crippen LogP contribution in [0.25, 0.3) is 0 Å². The third-order valence-electron chi connectivity index (χ3n) is 2.60. The highest BCUT2D eigenvalue weighted by atomic mass is 79.9. The van der Waals surface area contributed by atoms with Gasteiger partial charge in [0.2, 0.25) is 0 Å². The number of hydrazine groups is 1. The highest BCUT2D eigenvalue weighted by molar-refractivity contribution is 9.10. The Hall–Kier alpha value is -1.84. The highest BCUT2D eigenvalue weighted by Crippen LogP contribution is 2.30. The number of nitrogen functional groups attached to an aromatic ring is 1. The number of rotatable bonds is 5. The molecule has 2 rings (SSSR count). The molecule has 21 heavy (non-hydrogen) atoms. The first-order valence-electron chi connectivity index (χ1n) is 5.76. The molecule has 7 nitrogen and oxygen atoms in total. The summed E-state index contributed by atoms with van der Waals surface area (Å²) in [5.41, 5.74) is 2.56. The van der Waals surface area contributed by atoms with Gasteiger partial charge in [-0.05, 0) is 30.3 Å². The Morgan fingerprint density at radius 3 is 2.76 bits per heavy atom. The minimum atomic E-state index is -3.86. The molecule has 0 unspecified atom stereocenters. The fourth-order valence-electron chi connectivity index (χ4n) is 1.68. The van der Waals surface area contributed by atoms with Crippen molar-refractivity contribution in [1.29, 1.82) is 0 Å². The van der Waals surface area contributed by atoms with E-state index in [1.807, 2.05) is 0 Å². The lowest BCUT2D eigenvalue weighted by Crippen LogP contribution is -2.18. The molecule has 112 valence electrons. The molecule has 0 aliphatic rings. The summed E-state index contributed by atoms with van der Waals surface area (Å²) >= 11 is 3.28. The average molecular weight is 373 g/mol. The number of halogens is 1. The first kappa shape index (κ1) is 15.5. The summed E-state index contributed by atoms with van der Waals surface area (Å²) in [5.74, 6) is 5.73. The number of methoxy groups -OCH3 is 1. The van der Waals surface area contributed by atoms with Crippen molar-refractivity contribution in [3.63, 3.8) is 0 Å². The number of sulfonamides is 1. The maximum atomic E-state index is 12.4. The molecule has 0 aliphatic heterocycles. The zero-order chi connectivity index (χ0) is 15.5. The third-order valence-corrected chi connectivity index (χ3v) is 4.49. The molecule has 0 saturated carbocycles. The van der Waals surface area contributed by atoms with Gasteiger partial charge >= 0.3 is 0 Å². The van der Waals surface area contributed by atoms with E-state index in [2.05, 4.69) is 31.1 Å². The van der Waals surface area contributed by atoms with Gasteiger partial charge in [-0.3, -0.25) is 4.72 Å². The van der Waals surface area contributed by atoms with Crippen LogP contribution in [0.1, 0.15) is 0 Å². The van der Waals surface area contributed by atoms with Gasteiger partial charge in [-0.25, -0.2) is 19.2 Å². The van der Waals surface area contributed by atoms with E-state index in [0.717, 1.165) is 0 Å². The van der Waals surface area contributed by atoms with Gasteiger partial charge in [0, 0.05) is 10.7 Å². The van der Waals surface area contributed by atoms with Crippen LogP contribution in [-0.2, 0) is 10.0 Å². The lowest BCUT2D eigenvalue weighted by atomic mass is 10.3. The van der Waals surface area contributed by atoms with Gasteiger partial charge in [0.05, 0.1) is 12.8 Å². The molecule has 1 aromatic heterocycles. The standard InChI is InChI=1S/C12H13BrN4O3S/c1-20-10-5-4-8(13)7-9(10)17-21(18,19)11-3-2-6-15-12(11)16-14/h2-7,17H,14H2,1H3,(H,15,16). The van der Waals surface area contributed by atoms with Gasteiger partial charge in [-0.1, -0.05) is 15.9 Å². The number of ether oxygens (including phenoxy) is 1. The molecule has 1 aromatic carbocycles. The summed E-state index contributed by atoms with van der Waals surface area (Å²) in [7, 11) is -2.40. The second-order valence-corrected chi connectivity index (χ2v) is 6.51. The normalized spacial score (nSPS) is 11.0. The van der Waals surface area contributed by atoms with Crippen LogP contribution < -0.4 is 20.7 Å². The van der Waals surface area contributed by atoms with Crippen molar-refractivity contribution in [1.82, 2.24) is 4.98 Å². The Morgan fingerprint density at radius 2 is 2.10 bits per heavy atom. The van der Waals surface area contributed by atoms with Crippen molar-refractivity contribution in [3.05, 3.63) is 41.0 Å². The Balaban J connectivity index is 2.45. The largest absolute Gasteiger partial charge is 0.495 e. The van der Waals surface area contributed by atoms with E-state index in [1.165, 1.54) is 25.4 Å². The first-order valence-corrected chi connectivity index (χ1v) is 8.03. The zero-order valence-electron chi connectivity index (χ0n) is 11.0. The minimum Gasteiger partial charge on any atom is -0.495 e. The Kier molecular flexibility index (Phi) is 4.66. The summed E-state index contributed by atoms with van der Waals surface area (Å²) in [6, 6.07) is 7.89. The summed E-state index contributed by atoms with van der Waals surface area (Å²) in [6.45, 7) is 0. The van der Waals surface area contributed by atoms with Crippen LogP contribution in [0.5, 0.6) is 5.75 Å². The average Bonchev–Trinajstić information content (AvgIpc) is 2.47. The molecule has 1 heterocycles. The van der Waals surface area contributed by atoms with E-state index >= 15 is 0 Å². The Labute approximate surface area is 130 Å². The van der Waals surface area contributed by atoms with Crippen LogP contribution >= 0.6 is 15.9 Å². The maximum absolute atomic E-state index is 12.4. The quantitative estimate of drug-likeness (QED) is 0.546. The van der Waals surface area contributed by atoms with Crippen molar-refractivity contribution in [2.45, 2.75) is 4.90 Å². The Bertz CT molecular complexity index is 752. The Morgan fingerprint density at radius 1 is 1.33 bits per heavy atom. The van der Waals surface area contributed by atoms with Crippen LogP contribution in [0.4, 0.5) is 11.5 Å². The van der Waals surface area contributed by atoms with Crippen LogP contribution in [0.2, 0.25) is 0 Å². The van der Waals surface area contributed by atoms with E-state index < -0.39 is 10.0 Å². The summed E-state index contributed by atoms with van der Waals surface area (Å²) in [4.78, 5) is 3.81. The molecule has 0 aliphatic carbocycles. The minimum absolute atomic E-state index is 0.0546. The first-order chi connectivity index (χ1) is 9.97. The predicted octanol–water partition coefficient (Wildman–Crippen LogP) is 1.94. The lowest BCUT2D eigenvalue weighted by Gasteiger charge is -2.13. The number of pyridine rings is 1. The van der Waals surface area contributed by atoms with E-state index in [1.54, 1.807) is 18.2 Å². The molecular formula is C12H13BrN4O3S. The monoisotopic (exact) mass is 372 g/mol. The molecule has 4 N–H and O–H groups in total. The molecule has 0 spiro atoms. The number of nitrogens with zero attached hydrogens (tertiary/aromatic N) is 1. The van der Waals surface area contributed by atoms with Crippen LogP contribution in [0.3, 0.4) is 0 Å². The topological polar surface area (TPSA) is 106 Å². The lowest BCUT2D eigenvalue weighted by molar-refractivity contribution is 0.417. The fourth-order valence-corrected chi connectivity index (χ4v) is 3.22. The molecule has 0 saturated heterocycles. The molecule has 0 bridgehead atoms. The van der Waals surface area contributed by atoms with E-state index in [-0.39, 0.29) is 10.7 Å². The molecule has 0 atom stereocenters. The zero-order valence-corrected chi connectivity index (χ0v) is 13.4. The molecule has 0 amide bonds. The number of aromatic nitrogens is 1. The summed E-state index contributed by atoms with van der Waals surface area (Å²) in [5, 5.41) is 0. The van der Waals surface area contributed by atoms with E-state index in [0.29, 0.717) is 15.9 Å². The van der Waals surface area contributed by atoms with Crippen molar-refractivity contribution in [3.8, 4) is 5.75 Å². The number of nitrogens with one attached hydrogen (secondary N) is 2. The number of hydrogen-bond donors (Lipinski definition) is 3. The predicted molar refractivity (Wildman–Crippen MR) is 83.5 cm³/mol.